The fourth-order valence-electron chi connectivity index (χ4n) is 4.76. The first-order chi connectivity index (χ1) is 18.2. The van der Waals surface area contributed by atoms with Gasteiger partial charge in [0, 0.05) is 29.2 Å². The molecule has 3 aromatic rings. The van der Waals surface area contributed by atoms with Crippen molar-refractivity contribution in [3.8, 4) is 11.1 Å². The van der Waals surface area contributed by atoms with Crippen LogP contribution in [0.4, 0.5) is 0 Å². The van der Waals surface area contributed by atoms with Crippen LogP contribution in [0.2, 0.25) is 5.02 Å². The van der Waals surface area contributed by atoms with Gasteiger partial charge in [0.2, 0.25) is 15.9 Å². The highest BCUT2D eigenvalue weighted by Crippen LogP contribution is 2.30. The van der Waals surface area contributed by atoms with E-state index in [0.717, 1.165) is 19.3 Å². The lowest BCUT2D eigenvalue weighted by Crippen LogP contribution is -2.46. The quantitative estimate of drug-likeness (QED) is 0.235. The minimum atomic E-state index is -4.13. The Labute approximate surface area is 228 Å². The summed E-state index contributed by atoms with van der Waals surface area (Å²) < 4.78 is 29.9. The predicted molar refractivity (Wildman–Crippen MR) is 150 cm³/mol. The van der Waals surface area contributed by atoms with Crippen molar-refractivity contribution in [3.05, 3.63) is 88.9 Å². The Morgan fingerprint density at radius 3 is 2.45 bits per heavy atom. The van der Waals surface area contributed by atoms with E-state index in [1.165, 1.54) is 12.1 Å². The maximum absolute atomic E-state index is 13.8. The second-order valence-electron chi connectivity index (χ2n) is 9.45. The lowest BCUT2D eigenvalue weighted by Gasteiger charge is -2.34. The first kappa shape index (κ1) is 27.8. The van der Waals surface area contributed by atoms with Crippen molar-refractivity contribution in [1.82, 2.24) is 9.62 Å². The summed E-state index contributed by atoms with van der Waals surface area (Å²) in [4.78, 5) is 15.5. The number of carbonyl (C=O) groups excluding carboxylic acids is 1. The number of nitrogens with zero attached hydrogens (tertiary/aromatic N) is 1. The molecular formula is C28H32ClN5O3S. The number of nitrogens with two attached hydrogens (primary N) is 2. The molecule has 1 heterocycles. The largest absolute Gasteiger partial charge is 0.384 e. The van der Waals surface area contributed by atoms with E-state index in [1.807, 2.05) is 12.1 Å². The lowest BCUT2D eigenvalue weighted by atomic mass is 9.93. The number of hydrogen-bond acceptors (Lipinski definition) is 5. The molecule has 0 saturated carbocycles. The molecule has 1 aliphatic heterocycles. The second kappa shape index (κ2) is 12.1. The molecule has 8 nitrogen and oxygen atoms in total. The molecule has 0 aliphatic carbocycles. The van der Waals surface area contributed by atoms with E-state index in [1.54, 1.807) is 53.4 Å². The summed E-state index contributed by atoms with van der Waals surface area (Å²) >= 11 is 6.34. The number of piperidine rings is 1. The van der Waals surface area contributed by atoms with Crippen molar-refractivity contribution < 1.29 is 13.2 Å². The van der Waals surface area contributed by atoms with Crippen LogP contribution in [0.5, 0.6) is 0 Å². The van der Waals surface area contributed by atoms with Gasteiger partial charge in [0.15, 0.2) is 0 Å². The average molecular weight is 554 g/mol. The molecule has 10 heteroatoms. The number of likely N-dealkylation sites (tertiary alicyclic amines) is 1. The summed E-state index contributed by atoms with van der Waals surface area (Å²) in [5, 5.41) is 8.30. The van der Waals surface area contributed by atoms with Crippen LogP contribution in [0.25, 0.3) is 11.1 Å². The van der Waals surface area contributed by atoms with Gasteiger partial charge in [0.1, 0.15) is 11.9 Å². The fraction of sp³-hybridized carbons (Fsp3) is 0.286. The monoisotopic (exact) mass is 553 g/mol. The third-order valence-corrected chi connectivity index (χ3v) is 8.63. The van der Waals surface area contributed by atoms with Crippen LogP contribution in [0.1, 0.15) is 36.4 Å². The van der Waals surface area contributed by atoms with Crippen LogP contribution in [0, 0.1) is 11.3 Å². The smallest absolute Gasteiger partial charge is 0.245 e. The van der Waals surface area contributed by atoms with Gasteiger partial charge in [-0.25, -0.2) is 8.42 Å². The minimum Gasteiger partial charge on any atom is -0.384 e. The van der Waals surface area contributed by atoms with Crippen molar-refractivity contribution in [3.63, 3.8) is 0 Å². The zero-order valence-corrected chi connectivity index (χ0v) is 22.5. The molecule has 6 N–H and O–H groups in total. The fourth-order valence-corrected chi connectivity index (χ4v) is 6.22. The zero-order chi connectivity index (χ0) is 27.3. The Morgan fingerprint density at radius 1 is 1.05 bits per heavy atom. The van der Waals surface area contributed by atoms with Crippen LogP contribution < -0.4 is 16.2 Å². The highest BCUT2D eigenvalue weighted by Gasteiger charge is 2.33. The Morgan fingerprint density at radius 2 is 1.76 bits per heavy atom. The molecule has 1 fully saturated rings. The zero-order valence-electron chi connectivity index (χ0n) is 20.9. The summed E-state index contributed by atoms with van der Waals surface area (Å²) in [6.45, 7) is 1.65. The summed E-state index contributed by atoms with van der Waals surface area (Å²) in [6, 6.07) is 19.0. The molecule has 0 radical (unpaired) electrons. The number of nitrogen functional groups attached to an aromatic ring is 1. The number of rotatable bonds is 9. The van der Waals surface area contributed by atoms with Crippen molar-refractivity contribution in [1.29, 1.82) is 5.41 Å². The summed E-state index contributed by atoms with van der Waals surface area (Å²) in [5.41, 5.74) is 13.5. The molecule has 0 aromatic heterocycles. The summed E-state index contributed by atoms with van der Waals surface area (Å²) in [7, 11) is -4.13. The lowest BCUT2D eigenvalue weighted by molar-refractivity contribution is -0.134. The Kier molecular flexibility index (Phi) is 8.83. The van der Waals surface area contributed by atoms with Gasteiger partial charge in [0.25, 0.3) is 0 Å². The standard InChI is InChI=1S/C28H32ClN5O3S/c29-25-10-2-1-9-24(25)20-5-4-8-23(18-20)38(36,37)33-26(21-6-3-7-22(17-21)27(31)32)28(35)34-15-12-19(11-14-30)13-16-34/h1-10,17-19,26,33H,11-16,30H2,(H3,31,32). The van der Waals surface area contributed by atoms with Gasteiger partial charge in [-0.3, -0.25) is 10.2 Å². The van der Waals surface area contributed by atoms with E-state index in [4.69, 9.17) is 28.5 Å². The van der Waals surface area contributed by atoms with Crippen molar-refractivity contribution >= 4 is 33.4 Å². The van der Waals surface area contributed by atoms with E-state index in [-0.39, 0.29) is 16.6 Å². The van der Waals surface area contributed by atoms with Gasteiger partial charge in [-0.2, -0.15) is 4.72 Å². The van der Waals surface area contributed by atoms with Gasteiger partial charge in [-0.15, -0.1) is 0 Å². The van der Waals surface area contributed by atoms with Crippen LogP contribution in [-0.2, 0) is 14.8 Å². The van der Waals surface area contributed by atoms with Crippen molar-refractivity contribution in [2.75, 3.05) is 19.6 Å². The highest BCUT2D eigenvalue weighted by atomic mass is 35.5. The van der Waals surface area contributed by atoms with E-state index in [0.29, 0.717) is 52.8 Å². The van der Waals surface area contributed by atoms with Gasteiger partial charge < -0.3 is 16.4 Å². The highest BCUT2D eigenvalue weighted by molar-refractivity contribution is 7.89. The Bertz CT molecular complexity index is 1420. The summed E-state index contributed by atoms with van der Waals surface area (Å²) in [5.74, 6) is -0.0635. The molecule has 38 heavy (non-hydrogen) atoms. The molecule has 3 aromatic carbocycles. The molecule has 1 amide bonds. The van der Waals surface area contributed by atoms with E-state index < -0.39 is 16.1 Å². The molecule has 0 spiro atoms. The maximum atomic E-state index is 13.8. The topological polar surface area (TPSA) is 142 Å². The van der Waals surface area contributed by atoms with E-state index >= 15 is 0 Å². The SMILES string of the molecule is N=C(N)c1cccc(C(NS(=O)(=O)c2cccc(-c3ccccc3Cl)c2)C(=O)N2CCC(CCN)CC2)c1. The number of amides is 1. The van der Waals surface area contributed by atoms with Crippen LogP contribution in [0.15, 0.2) is 77.7 Å². The first-order valence-corrected chi connectivity index (χ1v) is 14.4. The van der Waals surface area contributed by atoms with Gasteiger partial charge >= 0.3 is 0 Å². The summed E-state index contributed by atoms with van der Waals surface area (Å²) in [6.07, 6.45) is 2.53. The molecule has 0 bridgehead atoms. The van der Waals surface area contributed by atoms with Crippen molar-refractivity contribution in [2.45, 2.75) is 30.2 Å². The maximum Gasteiger partial charge on any atom is 0.245 e. The van der Waals surface area contributed by atoms with Crippen LogP contribution in [0.3, 0.4) is 0 Å². The van der Waals surface area contributed by atoms with Gasteiger partial charge in [-0.05, 0) is 67.1 Å². The van der Waals surface area contributed by atoms with E-state index in [2.05, 4.69) is 4.72 Å². The molecule has 1 unspecified atom stereocenters. The predicted octanol–water partition coefficient (Wildman–Crippen LogP) is 3.90. The van der Waals surface area contributed by atoms with Crippen LogP contribution >= 0.6 is 11.6 Å². The third-order valence-electron chi connectivity index (χ3n) is 6.88. The van der Waals surface area contributed by atoms with Gasteiger partial charge in [-0.1, -0.05) is 60.1 Å². The number of carbonyl (C=O) groups is 1. The number of amidine groups is 1. The van der Waals surface area contributed by atoms with Crippen molar-refractivity contribution in [2.24, 2.45) is 17.4 Å². The normalized spacial score (nSPS) is 15.3. The number of hydrogen-bond donors (Lipinski definition) is 4. The van der Waals surface area contributed by atoms with Gasteiger partial charge in [0.05, 0.1) is 4.90 Å². The second-order valence-corrected chi connectivity index (χ2v) is 11.6. The Balaban J connectivity index is 1.67. The average Bonchev–Trinajstić information content (AvgIpc) is 2.92. The van der Waals surface area contributed by atoms with E-state index in [9.17, 15) is 13.2 Å². The van der Waals surface area contributed by atoms with Crippen LogP contribution in [-0.4, -0.2) is 44.7 Å². The number of benzene rings is 3. The number of nitrogens with one attached hydrogen (secondary N) is 2. The molecule has 1 saturated heterocycles. The minimum absolute atomic E-state index is 0.0112. The Hall–Kier alpha value is -3.24. The molecule has 4 rings (SSSR count). The number of halogens is 1. The molecule has 1 aliphatic rings. The molecule has 200 valence electrons. The molecule has 1 atom stereocenters. The first-order valence-electron chi connectivity index (χ1n) is 12.5. The number of sulfonamides is 1. The molecular weight excluding hydrogens is 522 g/mol. The third kappa shape index (κ3) is 6.42.